The minimum atomic E-state index is -0.781. The van der Waals surface area contributed by atoms with Gasteiger partial charge in [-0.05, 0) is 30.9 Å². The number of halogens is 1. The Morgan fingerprint density at radius 3 is 2.59 bits per heavy atom. The second-order valence-electron chi connectivity index (χ2n) is 8.90. The Hall–Kier alpha value is -3.33. The molecule has 3 N–H and O–H groups in total. The van der Waals surface area contributed by atoms with E-state index < -0.39 is 17.9 Å². The lowest BCUT2D eigenvalue weighted by Crippen LogP contribution is -2.49. The predicted octanol–water partition coefficient (Wildman–Crippen LogP) is 3.10. The topological polar surface area (TPSA) is 118 Å². The summed E-state index contributed by atoms with van der Waals surface area (Å²) in [5.41, 5.74) is 7.54. The molecule has 3 amide bonds. The van der Waals surface area contributed by atoms with Gasteiger partial charge in [0.25, 0.3) is 5.91 Å². The Kier molecular flexibility index (Phi) is 6.92. The van der Waals surface area contributed by atoms with Crippen LogP contribution in [0.5, 0.6) is 0 Å². The number of cyclic esters (lactones) is 1. The van der Waals surface area contributed by atoms with Crippen LogP contribution in [0.3, 0.4) is 0 Å². The van der Waals surface area contributed by atoms with Crippen molar-refractivity contribution in [1.82, 2.24) is 10.3 Å². The number of hydrogen-bond acceptors (Lipinski definition) is 6. The summed E-state index contributed by atoms with van der Waals surface area (Å²) in [5.74, 6) is -0.621. The first kappa shape index (κ1) is 23.8. The highest BCUT2D eigenvalue weighted by molar-refractivity contribution is 6.33. The SMILES string of the molecule is CC(C)[C@H](NC(=O)c1cnc(N2CCC(N3C(=O)OCc4ccccc43)CC2)c(Cl)c1)C(N)=O. The molecule has 2 aliphatic rings. The summed E-state index contributed by atoms with van der Waals surface area (Å²) < 4.78 is 5.37. The number of piperidine rings is 1. The average Bonchev–Trinajstić information content (AvgIpc) is 2.82. The number of benzene rings is 1. The van der Waals surface area contributed by atoms with Gasteiger partial charge in [0.05, 0.1) is 16.3 Å². The summed E-state index contributed by atoms with van der Waals surface area (Å²) in [5, 5.41) is 2.98. The monoisotopic (exact) mass is 485 g/mol. The molecular formula is C24H28ClN5O4. The predicted molar refractivity (Wildman–Crippen MR) is 129 cm³/mol. The van der Waals surface area contributed by atoms with Crippen LogP contribution in [0.15, 0.2) is 36.5 Å². The number of fused-ring (bicyclic) bond motifs is 1. The van der Waals surface area contributed by atoms with Gasteiger partial charge in [-0.1, -0.05) is 43.6 Å². The molecule has 0 unspecified atom stereocenters. The maximum absolute atomic E-state index is 12.6. The smallest absolute Gasteiger partial charge is 0.414 e. The summed E-state index contributed by atoms with van der Waals surface area (Å²) in [7, 11) is 0. The number of nitrogens with zero attached hydrogens (tertiary/aromatic N) is 3. The summed E-state index contributed by atoms with van der Waals surface area (Å²) in [4.78, 5) is 44.9. The Morgan fingerprint density at radius 1 is 1.24 bits per heavy atom. The first-order valence-electron chi connectivity index (χ1n) is 11.3. The second-order valence-corrected chi connectivity index (χ2v) is 9.31. The van der Waals surface area contributed by atoms with E-state index in [4.69, 9.17) is 22.1 Å². The molecule has 2 aromatic rings. The lowest BCUT2D eigenvalue weighted by Gasteiger charge is -2.40. The van der Waals surface area contributed by atoms with Gasteiger partial charge in [0, 0.05) is 30.9 Å². The molecule has 9 nitrogen and oxygen atoms in total. The van der Waals surface area contributed by atoms with Gasteiger partial charge in [-0.25, -0.2) is 9.78 Å². The van der Waals surface area contributed by atoms with E-state index in [1.54, 1.807) is 24.8 Å². The van der Waals surface area contributed by atoms with E-state index in [9.17, 15) is 14.4 Å². The van der Waals surface area contributed by atoms with E-state index in [1.807, 2.05) is 29.2 Å². The van der Waals surface area contributed by atoms with Gasteiger partial charge in [0.15, 0.2) is 0 Å². The lowest BCUT2D eigenvalue weighted by atomic mass is 10.0. The summed E-state index contributed by atoms with van der Waals surface area (Å²) in [6, 6.07) is 8.56. The van der Waals surface area contributed by atoms with Crippen LogP contribution in [0.2, 0.25) is 5.02 Å². The van der Waals surface area contributed by atoms with Crippen molar-refractivity contribution < 1.29 is 19.1 Å². The van der Waals surface area contributed by atoms with Crippen molar-refractivity contribution in [1.29, 1.82) is 0 Å². The first-order chi connectivity index (χ1) is 16.3. The maximum atomic E-state index is 12.6. The fourth-order valence-corrected chi connectivity index (χ4v) is 4.72. The van der Waals surface area contributed by atoms with Crippen molar-refractivity contribution in [3.63, 3.8) is 0 Å². The van der Waals surface area contributed by atoms with Crippen LogP contribution < -0.4 is 20.9 Å². The zero-order valence-corrected chi connectivity index (χ0v) is 19.9. The first-order valence-corrected chi connectivity index (χ1v) is 11.7. The van der Waals surface area contributed by atoms with Crippen molar-refractivity contribution in [3.05, 3.63) is 52.7 Å². The molecule has 180 valence electrons. The van der Waals surface area contributed by atoms with Gasteiger partial charge >= 0.3 is 6.09 Å². The third kappa shape index (κ3) is 4.79. The zero-order valence-electron chi connectivity index (χ0n) is 19.2. The second kappa shape index (κ2) is 9.89. The van der Waals surface area contributed by atoms with Crippen LogP contribution in [0.1, 0.15) is 42.6 Å². The zero-order chi connectivity index (χ0) is 24.4. The number of hydrogen-bond donors (Lipinski definition) is 2. The molecule has 0 radical (unpaired) electrons. The number of para-hydroxylation sites is 1. The Balaban J connectivity index is 1.43. The number of carbonyl (C=O) groups is 3. The van der Waals surface area contributed by atoms with E-state index in [1.165, 1.54) is 6.20 Å². The molecule has 1 aromatic carbocycles. The van der Waals surface area contributed by atoms with Gasteiger partial charge in [0.1, 0.15) is 18.5 Å². The van der Waals surface area contributed by atoms with Gasteiger partial charge in [-0.2, -0.15) is 0 Å². The third-order valence-electron chi connectivity index (χ3n) is 6.27. The molecular weight excluding hydrogens is 458 g/mol. The van der Waals surface area contributed by atoms with Gasteiger partial charge < -0.3 is 20.7 Å². The molecule has 1 aromatic heterocycles. The fraction of sp³-hybridized carbons (Fsp3) is 0.417. The van der Waals surface area contributed by atoms with Gasteiger partial charge in [-0.15, -0.1) is 0 Å². The number of nitrogens with two attached hydrogens (primary N) is 1. The molecule has 0 bridgehead atoms. The van der Waals surface area contributed by atoms with Crippen molar-refractivity contribution in [2.75, 3.05) is 22.9 Å². The maximum Gasteiger partial charge on any atom is 0.414 e. The highest BCUT2D eigenvalue weighted by atomic mass is 35.5. The molecule has 2 aliphatic heterocycles. The number of ether oxygens (including phenoxy) is 1. The van der Waals surface area contributed by atoms with E-state index in [2.05, 4.69) is 10.3 Å². The van der Waals surface area contributed by atoms with E-state index in [0.717, 1.165) is 24.1 Å². The Morgan fingerprint density at radius 2 is 1.94 bits per heavy atom. The summed E-state index contributed by atoms with van der Waals surface area (Å²) in [6.45, 7) is 5.19. The third-order valence-corrected chi connectivity index (χ3v) is 6.55. The van der Waals surface area contributed by atoms with Crippen LogP contribution in [0.4, 0.5) is 16.3 Å². The van der Waals surface area contributed by atoms with Gasteiger partial charge in [0.2, 0.25) is 5.91 Å². The molecule has 0 spiro atoms. The van der Waals surface area contributed by atoms with E-state index >= 15 is 0 Å². The number of pyridine rings is 1. The van der Waals surface area contributed by atoms with E-state index in [0.29, 0.717) is 30.5 Å². The van der Waals surface area contributed by atoms with Crippen molar-refractivity contribution in [3.8, 4) is 0 Å². The van der Waals surface area contributed by atoms with Crippen molar-refractivity contribution >= 4 is 41.0 Å². The average molecular weight is 486 g/mol. The molecule has 10 heteroatoms. The van der Waals surface area contributed by atoms with Crippen LogP contribution in [-0.2, 0) is 16.1 Å². The van der Waals surface area contributed by atoms with Crippen LogP contribution >= 0.6 is 11.6 Å². The summed E-state index contributed by atoms with van der Waals surface area (Å²) in [6.07, 6.45) is 2.56. The number of anilines is 2. The lowest BCUT2D eigenvalue weighted by molar-refractivity contribution is -0.120. The van der Waals surface area contributed by atoms with Crippen LogP contribution in [0.25, 0.3) is 0 Å². The highest BCUT2D eigenvalue weighted by Gasteiger charge is 2.34. The molecule has 3 heterocycles. The molecule has 0 saturated carbocycles. The Bertz CT molecular complexity index is 1100. The number of aromatic nitrogens is 1. The van der Waals surface area contributed by atoms with Gasteiger partial charge in [-0.3, -0.25) is 14.5 Å². The van der Waals surface area contributed by atoms with Crippen molar-refractivity contribution in [2.45, 2.75) is 45.4 Å². The standard InChI is InChI=1S/C24H28ClN5O4/c1-14(2)20(21(26)31)28-23(32)16-11-18(25)22(27-12-16)29-9-7-17(8-10-29)30-19-6-4-3-5-15(19)13-34-24(30)33/h3-6,11-12,14,17,20H,7-10,13H2,1-2H3,(H2,26,31)(H,28,32)/t20-/m0/s1. The number of primary amides is 1. The number of rotatable bonds is 6. The molecule has 34 heavy (non-hydrogen) atoms. The molecule has 0 aliphatic carbocycles. The highest BCUT2D eigenvalue weighted by Crippen LogP contribution is 2.33. The molecule has 1 fully saturated rings. The minimum absolute atomic E-state index is 0.00999. The number of nitrogens with one attached hydrogen (secondary N) is 1. The van der Waals surface area contributed by atoms with Crippen LogP contribution in [0, 0.1) is 5.92 Å². The number of amides is 3. The van der Waals surface area contributed by atoms with Crippen molar-refractivity contribution in [2.24, 2.45) is 11.7 Å². The van der Waals surface area contributed by atoms with Crippen LogP contribution in [-0.4, -0.2) is 48.1 Å². The normalized spacial score (nSPS) is 17.2. The molecule has 1 saturated heterocycles. The summed E-state index contributed by atoms with van der Waals surface area (Å²) >= 11 is 6.48. The fourth-order valence-electron chi connectivity index (χ4n) is 4.44. The van der Waals surface area contributed by atoms with E-state index in [-0.39, 0.29) is 23.6 Å². The number of carbonyl (C=O) groups excluding carboxylic acids is 3. The largest absolute Gasteiger partial charge is 0.444 e. The molecule has 1 atom stereocenters. The Labute approximate surface area is 203 Å². The quantitative estimate of drug-likeness (QED) is 0.649. The minimum Gasteiger partial charge on any atom is -0.444 e. The molecule has 4 rings (SSSR count).